The molecule has 1 unspecified atom stereocenters. The summed E-state index contributed by atoms with van der Waals surface area (Å²) in [5, 5.41) is 3.00. The summed E-state index contributed by atoms with van der Waals surface area (Å²) >= 11 is 1.77. The topological polar surface area (TPSA) is 29.1 Å². The molecule has 1 aliphatic heterocycles. The van der Waals surface area contributed by atoms with Gasteiger partial charge in [0.15, 0.2) is 0 Å². The van der Waals surface area contributed by atoms with Crippen molar-refractivity contribution < 1.29 is 4.79 Å². The molecule has 2 nitrogen and oxygen atoms in total. The zero-order valence-corrected chi connectivity index (χ0v) is 10.8. The van der Waals surface area contributed by atoms with E-state index < -0.39 is 0 Å². The highest BCUT2D eigenvalue weighted by Crippen LogP contribution is 2.39. The lowest BCUT2D eigenvalue weighted by Crippen LogP contribution is -2.30. The van der Waals surface area contributed by atoms with E-state index in [0.29, 0.717) is 0 Å². The molecule has 3 heteroatoms. The molecule has 0 radical (unpaired) electrons. The third kappa shape index (κ3) is 2.91. The van der Waals surface area contributed by atoms with E-state index in [2.05, 4.69) is 23.5 Å². The van der Waals surface area contributed by atoms with Gasteiger partial charge in [0, 0.05) is 17.2 Å². The number of amides is 1. The van der Waals surface area contributed by atoms with Crippen LogP contribution in [0, 0.1) is 0 Å². The van der Waals surface area contributed by atoms with Gasteiger partial charge >= 0.3 is 0 Å². The Labute approximate surface area is 106 Å². The minimum Gasteiger partial charge on any atom is -0.355 e. The van der Waals surface area contributed by atoms with E-state index in [4.69, 9.17) is 0 Å². The fourth-order valence-corrected chi connectivity index (χ4v) is 3.18. The van der Waals surface area contributed by atoms with Gasteiger partial charge in [-0.15, -0.1) is 11.8 Å². The molecule has 0 spiro atoms. The van der Waals surface area contributed by atoms with Gasteiger partial charge in [-0.2, -0.15) is 0 Å². The zero-order chi connectivity index (χ0) is 12.1. The minimum absolute atomic E-state index is 0.0295. The summed E-state index contributed by atoms with van der Waals surface area (Å²) in [6.07, 6.45) is 4.98. The lowest BCUT2D eigenvalue weighted by atomic mass is 10.0. The van der Waals surface area contributed by atoms with Crippen LogP contribution in [0.15, 0.2) is 41.3 Å². The highest BCUT2D eigenvalue weighted by Gasteiger charge is 2.28. The highest BCUT2D eigenvalue weighted by molar-refractivity contribution is 7.99. The molecule has 1 heterocycles. The van der Waals surface area contributed by atoms with Crippen LogP contribution in [0.2, 0.25) is 0 Å². The molecular formula is C14H17NOS. The molecule has 2 rings (SSSR count). The van der Waals surface area contributed by atoms with E-state index in [1.807, 2.05) is 25.1 Å². The van der Waals surface area contributed by atoms with Crippen molar-refractivity contribution in [1.82, 2.24) is 5.32 Å². The van der Waals surface area contributed by atoms with Gasteiger partial charge in [-0.3, -0.25) is 4.79 Å². The first-order valence-electron chi connectivity index (χ1n) is 5.93. The zero-order valence-electron chi connectivity index (χ0n) is 9.98. The van der Waals surface area contributed by atoms with Gasteiger partial charge in [0.05, 0.1) is 5.92 Å². The number of carbonyl (C=O) groups excluding carboxylic acids is 1. The van der Waals surface area contributed by atoms with Crippen molar-refractivity contribution in [3.63, 3.8) is 0 Å². The van der Waals surface area contributed by atoms with Crippen molar-refractivity contribution in [2.24, 2.45) is 0 Å². The highest BCUT2D eigenvalue weighted by atomic mass is 32.2. The Hall–Kier alpha value is -1.22. The summed E-state index contributed by atoms with van der Waals surface area (Å²) in [6, 6.07) is 8.18. The molecule has 1 aliphatic rings. The molecule has 0 saturated carbocycles. The Morgan fingerprint density at radius 3 is 3.18 bits per heavy atom. The number of hydrogen-bond acceptors (Lipinski definition) is 2. The fraction of sp³-hybridized carbons (Fsp3) is 0.357. The number of thioether (sulfide) groups is 1. The molecule has 1 amide bonds. The Balaban J connectivity index is 1.93. The van der Waals surface area contributed by atoms with E-state index >= 15 is 0 Å². The summed E-state index contributed by atoms with van der Waals surface area (Å²) < 4.78 is 0. The Morgan fingerprint density at radius 1 is 1.53 bits per heavy atom. The van der Waals surface area contributed by atoms with Gasteiger partial charge in [0.1, 0.15) is 0 Å². The predicted molar refractivity (Wildman–Crippen MR) is 72.3 cm³/mol. The second-order valence-electron chi connectivity index (χ2n) is 4.05. The van der Waals surface area contributed by atoms with Gasteiger partial charge in [0.25, 0.3) is 0 Å². The molecule has 0 aromatic heterocycles. The van der Waals surface area contributed by atoms with Crippen LogP contribution in [0.25, 0.3) is 0 Å². The molecule has 1 aromatic rings. The van der Waals surface area contributed by atoms with E-state index in [9.17, 15) is 4.79 Å². The maximum absolute atomic E-state index is 12.0. The van der Waals surface area contributed by atoms with Gasteiger partial charge in [-0.25, -0.2) is 0 Å². The average molecular weight is 247 g/mol. The standard InChI is InChI=1S/C14H17NOS/c1-2-3-6-9-15-14(16)12-10-17-13-8-5-4-7-11(12)13/h2-5,7-8,12H,6,9-10H2,1H3,(H,15,16)/b3-2+. The number of benzene rings is 1. The van der Waals surface area contributed by atoms with Gasteiger partial charge in [-0.1, -0.05) is 30.4 Å². The number of fused-ring (bicyclic) bond motifs is 1. The quantitative estimate of drug-likeness (QED) is 0.654. The number of rotatable bonds is 4. The number of allylic oxidation sites excluding steroid dienone is 1. The van der Waals surface area contributed by atoms with Crippen LogP contribution in [0.1, 0.15) is 24.8 Å². The van der Waals surface area contributed by atoms with Gasteiger partial charge in [-0.05, 0) is 25.0 Å². The lowest BCUT2D eigenvalue weighted by Gasteiger charge is -2.10. The maximum Gasteiger partial charge on any atom is 0.228 e. The second kappa shape index (κ2) is 5.92. The Bertz CT molecular complexity index is 428. The number of nitrogens with one attached hydrogen (secondary N) is 1. The number of carbonyl (C=O) groups is 1. The van der Waals surface area contributed by atoms with E-state index in [1.54, 1.807) is 11.8 Å². The van der Waals surface area contributed by atoms with Crippen LogP contribution in [-0.2, 0) is 4.79 Å². The SMILES string of the molecule is C/C=C/CCNC(=O)C1CSc2ccccc21. The first-order chi connectivity index (χ1) is 8.33. The smallest absolute Gasteiger partial charge is 0.228 e. The number of hydrogen-bond donors (Lipinski definition) is 1. The van der Waals surface area contributed by atoms with Crippen molar-refractivity contribution in [2.45, 2.75) is 24.2 Å². The van der Waals surface area contributed by atoms with Gasteiger partial charge in [0.2, 0.25) is 5.91 Å². The van der Waals surface area contributed by atoms with Crippen molar-refractivity contribution >= 4 is 17.7 Å². The summed E-state index contributed by atoms with van der Waals surface area (Å²) in [5.74, 6) is 1.06. The molecule has 0 aliphatic carbocycles. The lowest BCUT2D eigenvalue weighted by molar-refractivity contribution is -0.122. The Kier molecular flexibility index (Phi) is 4.26. The van der Waals surface area contributed by atoms with E-state index in [0.717, 1.165) is 18.7 Å². The molecule has 0 saturated heterocycles. The van der Waals surface area contributed by atoms with Crippen LogP contribution in [0.4, 0.5) is 0 Å². The first-order valence-corrected chi connectivity index (χ1v) is 6.92. The molecule has 90 valence electrons. The largest absolute Gasteiger partial charge is 0.355 e. The molecule has 1 aromatic carbocycles. The molecule has 0 fully saturated rings. The average Bonchev–Trinajstić information content (AvgIpc) is 2.78. The van der Waals surface area contributed by atoms with Crippen molar-refractivity contribution in [1.29, 1.82) is 0 Å². The van der Waals surface area contributed by atoms with E-state index in [1.165, 1.54) is 10.5 Å². The van der Waals surface area contributed by atoms with Crippen LogP contribution in [-0.4, -0.2) is 18.2 Å². The maximum atomic E-state index is 12.0. The third-order valence-corrected chi connectivity index (χ3v) is 4.05. The van der Waals surface area contributed by atoms with Gasteiger partial charge < -0.3 is 5.32 Å². The summed E-state index contributed by atoms with van der Waals surface area (Å²) in [4.78, 5) is 13.3. The van der Waals surface area contributed by atoms with Crippen LogP contribution in [0.5, 0.6) is 0 Å². The molecule has 17 heavy (non-hydrogen) atoms. The summed E-state index contributed by atoms with van der Waals surface area (Å²) in [7, 11) is 0. The normalized spacial score (nSPS) is 18.3. The molecular weight excluding hydrogens is 230 g/mol. The predicted octanol–water partition coefficient (Wildman–Crippen LogP) is 2.96. The summed E-state index contributed by atoms with van der Waals surface area (Å²) in [6.45, 7) is 2.72. The fourth-order valence-electron chi connectivity index (χ4n) is 1.95. The minimum atomic E-state index is 0.0295. The van der Waals surface area contributed by atoms with Crippen molar-refractivity contribution in [3.05, 3.63) is 42.0 Å². The van der Waals surface area contributed by atoms with Crippen molar-refractivity contribution in [3.8, 4) is 0 Å². The van der Waals surface area contributed by atoms with Crippen LogP contribution >= 0.6 is 11.8 Å². The Morgan fingerprint density at radius 2 is 2.35 bits per heavy atom. The van der Waals surface area contributed by atoms with Crippen LogP contribution in [0.3, 0.4) is 0 Å². The monoisotopic (exact) mass is 247 g/mol. The second-order valence-corrected chi connectivity index (χ2v) is 5.11. The van der Waals surface area contributed by atoms with Crippen LogP contribution < -0.4 is 5.32 Å². The molecule has 1 N–H and O–H groups in total. The van der Waals surface area contributed by atoms with Crippen molar-refractivity contribution in [2.75, 3.05) is 12.3 Å². The summed E-state index contributed by atoms with van der Waals surface area (Å²) in [5.41, 5.74) is 1.18. The van der Waals surface area contributed by atoms with E-state index in [-0.39, 0.29) is 11.8 Å². The third-order valence-electron chi connectivity index (χ3n) is 2.86. The molecule has 0 bridgehead atoms. The first kappa shape index (κ1) is 12.2. The molecule has 1 atom stereocenters.